The van der Waals surface area contributed by atoms with Gasteiger partial charge in [0.1, 0.15) is 0 Å². The second kappa shape index (κ2) is 8.93. The number of aryl methyl sites for hydroxylation is 1. The highest BCUT2D eigenvalue weighted by atomic mass is 16.5. The van der Waals surface area contributed by atoms with Crippen LogP contribution in [0.25, 0.3) is 0 Å². The van der Waals surface area contributed by atoms with Crippen LogP contribution in [0.2, 0.25) is 0 Å². The SMILES string of the molecule is CCN(Cc1noc(C)n1)[C@H]1CCCN(Cc2cccc(C#N)c2)CC1. The van der Waals surface area contributed by atoms with E-state index in [2.05, 4.69) is 39.0 Å². The molecule has 0 saturated carbocycles. The van der Waals surface area contributed by atoms with Gasteiger partial charge in [-0.15, -0.1) is 0 Å². The Kier molecular flexibility index (Phi) is 6.37. The summed E-state index contributed by atoms with van der Waals surface area (Å²) in [4.78, 5) is 9.31. The molecule has 2 heterocycles. The molecular weight excluding hydrogens is 326 g/mol. The molecule has 6 nitrogen and oxygen atoms in total. The van der Waals surface area contributed by atoms with Crippen LogP contribution < -0.4 is 0 Å². The Bertz CT molecular complexity index is 751. The molecular formula is C20H27N5O. The van der Waals surface area contributed by atoms with E-state index in [1.165, 1.54) is 18.4 Å². The Morgan fingerprint density at radius 2 is 2.23 bits per heavy atom. The maximum atomic E-state index is 9.07. The van der Waals surface area contributed by atoms with Crippen LogP contribution in [0.15, 0.2) is 28.8 Å². The van der Waals surface area contributed by atoms with E-state index in [9.17, 15) is 0 Å². The van der Waals surface area contributed by atoms with Gasteiger partial charge in [-0.25, -0.2) is 0 Å². The van der Waals surface area contributed by atoms with Crippen LogP contribution in [-0.4, -0.2) is 45.6 Å². The first kappa shape index (κ1) is 18.6. The smallest absolute Gasteiger partial charge is 0.223 e. The molecule has 1 aliphatic rings. The molecule has 3 rings (SSSR count). The Balaban J connectivity index is 1.57. The van der Waals surface area contributed by atoms with Crippen molar-refractivity contribution in [2.45, 2.75) is 52.2 Å². The van der Waals surface area contributed by atoms with Crippen molar-refractivity contribution in [1.29, 1.82) is 5.26 Å². The van der Waals surface area contributed by atoms with Crippen molar-refractivity contribution < 1.29 is 4.52 Å². The predicted molar refractivity (Wildman–Crippen MR) is 99.2 cm³/mol. The highest BCUT2D eigenvalue weighted by Crippen LogP contribution is 2.20. The molecule has 2 aromatic rings. The second-order valence-electron chi connectivity index (χ2n) is 6.97. The van der Waals surface area contributed by atoms with E-state index in [0.29, 0.717) is 11.9 Å². The largest absolute Gasteiger partial charge is 0.340 e. The standard InChI is InChI=1S/C20H27N5O/c1-3-25(15-20-22-16(2)26-23-20)19-8-5-10-24(11-9-19)14-18-7-4-6-17(12-18)13-21/h4,6-7,12,19H,3,5,8-11,14-15H2,1-2H3/t19-/m0/s1. The zero-order valence-electron chi connectivity index (χ0n) is 15.7. The van der Waals surface area contributed by atoms with Crippen LogP contribution >= 0.6 is 0 Å². The number of hydrogen-bond donors (Lipinski definition) is 0. The van der Waals surface area contributed by atoms with Gasteiger partial charge in [-0.3, -0.25) is 9.80 Å². The first-order chi connectivity index (χ1) is 12.7. The fraction of sp³-hybridized carbons (Fsp3) is 0.550. The molecule has 0 bridgehead atoms. The molecule has 1 aromatic carbocycles. The quantitative estimate of drug-likeness (QED) is 0.795. The van der Waals surface area contributed by atoms with Gasteiger partial charge in [-0.2, -0.15) is 10.2 Å². The first-order valence-corrected chi connectivity index (χ1v) is 9.42. The molecule has 0 radical (unpaired) electrons. The highest BCUT2D eigenvalue weighted by Gasteiger charge is 2.23. The summed E-state index contributed by atoms with van der Waals surface area (Å²) in [5.74, 6) is 1.40. The maximum Gasteiger partial charge on any atom is 0.223 e. The average Bonchev–Trinajstić information content (AvgIpc) is 2.93. The van der Waals surface area contributed by atoms with E-state index in [0.717, 1.165) is 50.5 Å². The summed E-state index contributed by atoms with van der Waals surface area (Å²) in [7, 11) is 0. The molecule has 0 aliphatic carbocycles. The van der Waals surface area contributed by atoms with Gasteiger partial charge in [0.2, 0.25) is 5.89 Å². The van der Waals surface area contributed by atoms with Crippen molar-refractivity contribution >= 4 is 0 Å². The maximum absolute atomic E-state index is 9.07. The molecule has 1 saturated heterocycles. The summed E-state index contributed by atoms with van der Waals surface area (Å²) >= 11 is 0. The van der Waals surface area contributed by atoms with E-state index >= 15 is 0 Å². The summed E-state index contributed by atoms with van der Waals surface area (Å²) < 4.78 is 5.11. The van der Waals surface area contributed by atoms with Crippen LogP contribution in [0, 0.1) is 18.3 Å². The van der Waals surface area contributed by atoms with Gasteiger partial charge in [-0.05, 0) is 56.6 Å². The van der Waals surface area contributed by atoms with Crippen molar-refractivity contribution in [1.82, 2.24) is 19.9 Å². The highest BCUT2D eigenvalue weighted by molar-refractivity contribution is 5.32. The molecule has 1 atom stereocenters. The lowest BCUT2D eigenvalue weighted by Crippen LogP contribution is -2.36. The van der Waals surface area contributed by atoms with Crippen molar-refractivity contribution in [3.8, 4) is 6.07 Å². The molecule has 0 spiro atoms. The average molecular weight is 353 g/mol. The van der Waals surface area contributed by atoms with Crippen LogP contribution in [0.3, 0.4) is 0 Å². The number of hydrogen-bond acceptors (Lipinski definition) is 6. The Hall–Kier alpha value is -2.23. The minimum absolute atomic E-state index is 0.550. The van der Waals surface area contributed by atoms with Gasteiger partial charge in [0.05, 0.1) is 18.2 Å². The molecule has 1 aromatic heterocycles. The lowest BCUT2D eigenvalue weighted by atomic mass is 10.1. The van der Waals surface area contributed by atoms with Gasteiger partial charge >= 0.3 is 0 Å². The third-order valence-electron chi connectivity index (χ3n) is 5.09. The van der Waals surface area contributed by atoms with Crippen molar-refractivity contribution in [3.05, 3.63) is 47.1 Å². The molecule has 26 heavy (non-hydrogen) atoms. The van der Waals surface area contributed by atoms with Gasteiger partial charge in [0.25, 0.3) is 0 Å². The zero-order valence-corrected chi connectivity index (χ0v) is 15.7. The normalized spacial score (nSPS) is 18.6. The molecule has 0 amide bonds. The molecule has 0 N–H and O–H groups in total. The second-order valence-corrected chi connectivity index (χ2v) is 6.97. The van der Waals surface area contributed by atoms with Crippen molar-refractivity contribution in [2.24, 2.45) is 0 Å². The summed E-state index contributed by atoms with van der Waals surface area (Å²) in [6.45, 7) is 8.86. The number of likely N-dealkylation sites (tertiary alicyclic amines) is 1. The van der Waals surface area contributed by atoms with Crippen molar-refractivity contribution in [3.63, 3.8) is 0 Å². The summed E-state index contributed by atoms with van der Waals surface area (Å²) in [5.41, 5.74) is 1.96. The Morgan fingerprint density at radius 3 is 2.96 bits per heavy atom. The zero-order chi connectivity index (χ0) is 18.4. The third-order valence-corrected chi connectivity index (χ3v) is 5.09. The van der Waals surface area contributed by atoms with E-state index in [1.807, 2.05) is 25.1 Å². The van der Waals surface area contributed by atoms with Crippen LogP contribution in [0.5, 0.6) is 0 Å². The van der Waals surface area contributed by atoms with E-state index in [4.69, 9.17) is 9.78 Å². The van der Waals surface area contributed by atoms with E-state index < -0.39 is 0 Å². The molecule has 0 unspecified atom stereocenters. The first-order valence-electron chi connectivity index (χ1n) is 9.42. The molecule has 1 aliphatic heterocycles. The number of benzene rings is 1. The predicted octanol–water partition coefficient (Wildman–Crippen LogP) is 3.13. The number of nitrogens with zero attached hydrogens (tertiary/aromatic N) is 5. The minimum Gasteiger partial charge on any atom is -0.340 e. The lowest BCUT2D eigenvalue weighted by molar-refractivity contribution is 0.170. The van der Waals surface area contributed by atoms with Gasteiger partial charge < -0.3 is 4.52 Å². The van der Waals surface area contributed by atoms with Gasteiger partial charge in [0.15, 0.2) is 5.82 Å². The van der Waals surface area contributed by atoms with E-state index in [-0.39, 0.29) is 0 Å². The summed E-state index contributed by atoms with van der Waals surface area (Å²) in [6.07, 6.45) is 3.52. The number of aromatic nitrogens is 2. The topological polar surface area (TPSA) is 69.2 Å². The Labute approximate surface area is 155 Å². The molecule has 1 fully saturated rings. The van der Waals surface area contributed by atoms with Crippen molar-refractivity contribution in [2.75, 3.05) is 19.6 Å². The fourth-order valence-corrected chi connectivity index (χ4v) is 3.75. The van der Waals surface area contributed by atoms with Crippen LogP contribution in [0.4, 0.5) is 0 Å². The van der Waals surface area contributed by atoms with Crippen LogP contribution in [-0.2, 0) is 13.1 Å². The number of rotatable bonds is 6. The molecule has 138 valence electrons. The minimum atomic E-state index is 0.550. The monoisotopic (exact) mass is 353 g/mol. The van der Waals surface area contributed by atoms with Gasteiger partial charge in [0, 0.05) is 19.5 Å². The summed E-state index contributed by atoms with van der Waals surface area (Å²) in [6, 6.07) is 10.7. The lowest BCUT2D eigenvalue weighted by Gasteiger charge is -2.29. The molecule has 6 heteroatoms. The van der Waals surface area contributed by atoms with E-state index in [1.54, 1.807) is 0 Å². The number of nitriles is 1. The summed E-state index contributed by atoms with van der Waals surface area (Å²) in [5, 5.41) is 13.1. The van der Waals surface area contributed by atoms with Crippen LogP contribution in [0.1, 0.15) is 49.0 Å². The van der Waals surface area contributed by atoms with Gasteiger partial charge in [-0.1, -0.05) is 24.2 Å². The Morgan fingerprint density at radius 1 is 1.35 bits per heavy atom. The third kappa shape index (κ3) is 4.90. The fourth-order valence-electron chi connectivity index (χ4n) is 3.75.